The molecule has 6 nitrogen and oxygen atoms in total. The molecule has 0 saturated carbocycles. The molecular weight excluding hydrogens is 490 g/mol. The van der Waals surface area contributed by atoms with Crippen LogP contribution >= 0.6 is 27.5 Å². The molecule has 1 heterocycles. The monoisotopic (exact) mass is 507 g/mol. The lowest BCUT2D eigenvalue weighted by Gasteiger charge is -2.22. The van der Waals surface area contributed by atoms with Crippen molar-refractivity contribution in [1.29, 1.82) is 0 Å². The number of carbonyl (C=O) groups excluding carboxylic acids is 1. The Kier molecular flexibility index (Phi) is 7.60. The fraction of sp³-hybridized carbons (Fsp3) is 0.143. The van der Waals surface area contributed by atoms with Crippen molar-refractivity contribution in [2.75, 3.05) is 6.54 Å². The lowest BCUT2D eigenvalue weighted by molar-refractivity contribution is -0.121. The molecular formula is C21H19BrClN3O3S. The zero-order chi connectivity index (χ0) is 21.6. The van der Waals surface area contributed by atoms with Gasteiger partial charge in [0.2, 0.25) is 15.9 Å². The molecule has 3 aromatic rings. The smallest absolute Gasteiger partial charge is 0.243 e. The molecule has 0 aliphatic rings. The number of amides is 1. The number of nitrogens with one attached hydrogen (secondary N) is 1. The normalized spacial score (nSPS) is 11.4. The number of halogens is 2. The molecule has 0 bridgehead atoms. The van der Waals surface area contributed by atoms with Crippen molar-refractivity contribution >= 4 is 43.5 Å². The van der Waals surface area contributed by atoms with Crippen molar-refractivity contribution in [2.24, 2.45) is 0 Å². The predicted octanol–water partition coefficient (Wildman–Crippen LogP) is 4.00. The fourth-order valence-electron chi connectivity index (χ4n) is 2.71. The molecule has 0 radical (unpaired) electrons. The fourth-order valence-corrected chi connectivity index (χ4v) is 4.54. The van der Waals surface area contributed by atoms with Crippen LogP contribution in [0.1, 0.15) is 11.3 Å². The van der Waals surface area contributed by atoms with E-state index in [-0.39, 0.29) is 24.5 Å². The molecule has 0 unspecified atom stereocenters. The highest BCUT2D eigenvalue weighted by Crippen LogP contribution is 2.23. The third-order valence-electron chi connectivity index (χ3n) is 4.27. The van der Waals surface area contributed by atoms with Crippen LogP contribution in [-0.4, -0.2) is 30.2 Å². The van der Waals surface area contributed by atoms with Gasteiger partial charge in [0.25, 0.3) is 0 Å². The first-order chi connectivity index (χ1) is 14.4. The number of aromatic nitrogens is 1. The summed E-state index contributed by atoms with van der Waals surface area (Å²) in [5.41, 5.74) is 1.29. The lowest BCUT2D eigenvalue weighted by atomic mass is 10.2. The largest absolute Gasteiger partial charge is 0.349 e. The maximum Gasteiger partial charge on any atom is 0.243 e. The molecule has 156 valence electrons. The van der Waals surface area contributed by atoms with Crippen molar-refractivity contribution in [3.8, 4) is 0 Å². The second-order valence-electron chi connectivity index (χ2n) is 6.42. The van der Waals surface area contributed by atoms with Gasteiger partial charge in [-0.25, -0.2) is 8.42 Å². The second kappa shape index (κ2) is 10.2. The molecule has 1 amide bonds. The van der Waals surface area contributed by atoms with E-state index in [1.54, 1.807) is 54.7 Å². The van der Waals surface area contributed by atoms with E-state index in [9.17, 15) is 13.2 Å². The first kappa shape index (κ1) is 22.4. The Morgan fingerprint density at radius 1 is 1.03 bits per heavy atom. The SMILES string of the molecule is O=C(CN(Cc1ccccc1Cl)S(=O)(=O)c1ccc(Br)cc1)NCc1ccccn1. The summed E-state index contributed by atoms with van der Waals surface area (Å²) in [6.07, 6.45) is 1.63. The van der Waals surface area contributed by atoms with Crippen LogP contribution < -0.4 is 5.32 Å². The molecule has 30 heavy (non-hydrogen) atoms. The number of nitrogens with zero attached hydrogens (tertiary/aromatic N) is 2. The Morgan fingerprint density at radius 2 is 1.73 bits per heavy atom. The van der Waals surface area contributed by atoms with Crippen LogP contribution in [-0.2, 0) is 27.9 Å². The summed E-state index contributed by atoms with van der Waals surface area (Å²) in [4.78, 5) is 16.8. The zero-order valence-corrected chi connectivity index (χ0v) is 19.0. The van der Waals surface area contributed by atoms with Gasteiger partial charge in [0.05, 0.1) is 23.7 Å². The van der Waals surface area contributed by atoms with Crippen LogP contribution in [0.5, 0.6) is 0 Å². The number of benzene rings is 2. The number of hydrogen-bond acceptors (Lipinski definition) is 4. The summed E-state index contributed by atoms with van der Waals surface area (Å²) in [5, 5.41) is 3.15. The van der Waals surface area contributed by atoms with Gasteiger partial charge in [-0.3, -0.25) is 9.78 Å². The van der Waals surface area contributed by atoms with Crippen molar-refractivity contribution < 1.29 is 13.2 Å². The van der Waals surface area contributed by atoms with E-state index in [1.807, 2.05) is 6.07 Å². The number of rotatable bonds is 8. The minimum atomic E-state index is -3.93. The van der Waals surface area contributed by atoms with Gasteiger partial charge in [-0.05, 0) is 48.0 Å². The lowest BCUT2D eigenvalue weighted by Crippen LogP contribution is -2.40. The van der Waals surface area contributed by atoms with Gasteiger partial charge < -0.3 is 5.32 Å². The molecule has 0 aliphatic carbocycles. The van der Waals surface area contributed by atoms with Gasteiger partial charge in [0.1, 0.15) is 0 Å². The predicted molar refractivity (Wildman–Crippen MR) is 119 cm³/mol. The van der Waals surface area contributed by atoms with Crippen LogP contribution in [0.15, 0.2) is 82.3 Å². The first-order valence-electron chi connectivity index (χ1n) is 9.02. The molecule has 0 aliphatic heterocycles. The zero-order valence-electron chi connectivity index (χ0n) is 15.8. The molecule has 9 heteroatoms. The molecule has 1 N–H and O–H groups in total. The summed E-state index contributed by atoms with van der Waals surface area (Å²) in [6.45, 7) is -0.177. The Labute approximate surface area is 189 Å². The minimum Gasteiger partial charge on any atom is -0.349 e. The second-order valence-corrected chi connectivity index (χ2v) is 9.68. The van der Waals surface area contributed by atoms with Gasteiger partial charge >= 0.3 is 0 Å². The molecule has 0 saturated heterocycles. The van der Waals surface area contributed by atoms with Crippen LogP contribution in [0.2, 0.25) is 5.02 Å². The highest BCUT2D eigenvalue weighted by atomic mass is 79.9. The third-order valence-corrected chi connectivity index (χ3v) is 6.97. The maximum absolute atomic E-state index is 13.2. The maximum atomic E-state index is 13.2. The van der Waals surface area contributed by atoms with Crippen LogP contribution in [0.4, 0.5) is 0 Å². The van der Waals surface area contributed by atoms with Gasteiger partial charge in [0.15, 0.2) is 0 Å². The van der Waals surface area contributed by atoms with E-state index in [2.05, 4.69) is 26.2 Å². The number of carbonyl (C=O) groups is 1. The Bertz CT molecular complexity index is 1110. The minimum absolute atomic E-state index is 0.0327. The van der Waals surface area contributed by atoms with Gasteiger partial charge in [0, 0.05) is 22.2 Å². The van der Waals surface area contributed by atoms with E-state index in [0.29, 0.717) is 16.3 Å². The molecule has 1 aromatic heterocycles. The summed E-state index contributed by atoms with van der Waals surface area (Å²) in [5.74, 6) is -0.437. The quantitative estimate of drug-likeness (QED) is 0.499. The Morgan fingerprint density at radius 3 is 2.40 bits per heavy atom. The highest BCUT2D eigenvalue weighted by Gasteiger charge is 2.27. The van der Waals surface area contributed by atoms with E-state index >= 15 is 0 Å². The Balaban J connectivity index is 1.82. The summed E-state index contributed by atoms with van der Waals surface area (Å²) >= 11 is 9.53. The summed E-state index contributed by atoms with van der Waals surface area (Å²) < 4.78 is 28.4. The van der Waals surface area contributed by atoms with Gasteiger partial charge in [-0.1, -0.05) is 51.8 Å². The third kappa shape index (κ3) is 5.89. The van der Waals surface area contributed by atoms with E-state index < -0.39 is 15.9 Å². The molecule has 0 atom stereocenters. The van der Waals surface area contributed by atoms with E-state index in [1.165, 1.54) is 12.1 Å². The van der Waals surface area contributed by atoms with Gasteiger partial charge in [-0.2, -0.15) is 4.31 Å². The average Bonchev–Trinajstić information content (AvgIpc) is 2.74. The van der Waals surface area contributed by atoms with Crippen molar-refractivity contribution in [1.82, 2.24) is 14.6 Å². The van der Waals surface area contributed by atoms with Gasteiger partial charge in [-0.15, -0.1) is 0 Å². The highest BCUT2D eigenvalue weighted by molar-refractivity contribution is 9.10. The average molecular weight is 509 g/mol. The van der Waals surface area contributed by atoms with Crippen LogP contribution in [0, 0.1) is 0 Å². The first-order valence-corrected chi connectivity index (χ1v) is 11.6. The molecule has 2 aromatic carbocycles. The van der Waals surface area contributed by atoms with Crippen LogP contribution in [0.3, 0.4) is 0 Å². The number of hydrogen-bond donors (Lipinski definition) is 1. The number of sulfonamides is 1. The summed E-state index contributed by atoms with van der Waals surface area (Å²) in [6, 6.07) is 18.6. The van der Waals surface area contributed by atoms with Crippen molar-refractivity contribution in [3.05, 3.63) is 93.7 Å². The van der Waals surface area contributed by atoms with Crippen molar-refractivity contribution in [3.63, 3.8) is 0 Å². The Hall–Kier alpha value is -2.26. The standard InChI is InChI=1S/C21H19BrClN3O3S/c22-17-8-10-19(11-9-17)30(28,29)26(14-16-5-1-2-7-20(16)23)15-21(27)25-13-18-6-3-4-12-24-18/h1-12H,13-15H2,(H,25,27). The molecule has 0 fully saturated rings. The summed E-state index contributed by atoms with van der Waals surface area (Å²) in [7, 11) is -3.93. The number of pyridine rings is 1. The van der Waals surface area contributed by atoms with E-state index in [4.69, 9.17) is 11.6 Å². The van der Waals surface area contributed by atoms with Crippen LogP contribution in [0.25, 0.3) is 0 Å². The van der Waals surface area contributed by atoms with E-state index in [0.717, 1.165) is 8.78 Å². The molecule has 3 rings (SSSR count). The van der Waals surface area contributed by atoms with Crippen molar-refractivity contribution in [2.45, 2.75) is 18.0 Å². The topological polar surface area (TPSA) is 79.4 Å². The molecule has 0 spiro atoms.